The number of hydrogen-bond donors (Lipinski definition) is 2. The van der Waals surface area contributed by atoms with Gasteiger partial charge in [-0.2, -0.15) is 0 Å². The maximum atomic E-state index is 14.8. The highest BCUT2D eigenvalue weighted by molar-refractivity contribution is 6.05. The molecule has 1 aromatic heterocycles. The Bertz CT molecular complexity index is 1170. The topological polar surface area (TPSA) is 88.8 Å². The summed E-state index contributed by atoms with van der Waals surface area (Å²) in [4.78, 5) is 24.9. The Labute approximate surface area is 173 Å². The van der Waals surface area contributed by atoms with Gasteiger partial charge in [0.15, 0.2) is 11.6 Å². The van der Waals surface area contributed by atoms with Crippen molar-refractivity contribution in [2.45, 2.75) is 32.5 Å². The summed E-state index contributed by atoms with van der Waals surface area (Å²) < 4.78 is 56.7. The average Bonchev–Trinajstić information content (AvgIpc) is 2.97. The van der Waals surface area contributed by atoms with Crippen LogP contribution < -0.4 is 4.74 Å². The lowest BCUT2D eigenvalue weighted by molar-refractivity contribution is -0.274. The number of hydrogen-bond acceptors (Lipinski definition) is 4. The molecular formula is C21H17F4NO5. The number of aliphatic carboxylic acids is 1. The summed E-state index contributed by atoms with van der Waals surface area (Å²) in [6.45, 7) is 3.03. The predicted molar refractivity (Wildman–Crippen MR) is 102 cm³/mol. The van der Waals surface area contributed by atoms with Crippen molar-refractivity contribution in [3.05, 3.63) is 59.0 Å². The maximum absolute atomic E-state index is 14.8. The second-order valence-corrected chi connectivity index (χ2v) is 6.80. The number of carbonyl (C=O) groups is 2. The molecule has 0 saturated heterocycles. The molecule has 1 atom stereocenters. The number of phenolic OH excluding ortho intramolecular Hbond substituents is 1. The first-order valence-corrected chi connectivity index (χ1v) is 9.12. The molecule has 0 aliphatic carbocycles. The number of fused-ring (bicyclic) bond motifs is 1. The fraction of sp³-hybridized carbons (Fsp3) is 0.238. The van der Waals surface area contributed by atoms with Crippen LogP contribution in [-0.2, 0) is 4.79 Å². The Kier molecular flexibility index (Phi) is 5.66. The van der Waals surface area contributed by atoms with Crippen molar-refractivity contribution >= 4 is 22.8 Å². The zero-order valence-corrected chi connectivity index (χ0v) is 16.3. The highest BCUT2D eigenvalue weighted by Crippen LogP contribution is 2.38. The number of carbonyl (C=O) groups excluding carboxylic acids is 1. The van der Waals surface area contributed by atoms with Crippen LogP contribution in [-0.4, -0.2) is 33.0 Å². The third-order valence-electron chi connectivity index (χ3n) is 4.93. The van der Waals surface area contributed by atoms with Gasteiger partial charge in [0, 0.05) is 16.6 Å². The lowest BCUT2D eigenvalue weighted by Gasteiger charge is -2.12. The molecule has 0 unspecified atom stereocenters. The number of rotatable bonds is 5. The largest absolute Gasteiger partial charge is 0.573 e. The maximum Gasteiger partial charge on any atom is 0.573 e. The van der Waals surface area contributed by atoms with E-state index >= 15 is 0 Å². The number of benzene rings is 2. The van der Waals surface area contributed by atoms with E-state index in [4.69, 9.17) is 0 Å². The zero-order valence-electron chi connectivity index (χ0n) is 16.3. The molecule has 0 bridgehead atoms. The normalized spacial score (nSPS) is 12.7. The number of ether oxygens (including phenoxy) is 1. The van der Waals surface area contributed by atoms with Gasteiger partial charge in [-0.1, -0.05) is 6.92 Å². The molecule has 0 spiro atoms. The third-order valence-corrected chi connectivity index (χ3v) is 4.93. The van der Waals surface area contributed by atoms with Crippen molar-refractivity contribution in [3.63, 3.8) is 0 Å². The molecule has 10 heteroatoms. The lowest BCUT2D eigenvalue weighted by Crippen LogP contribution is -2.18. The Hall–Kier alpha value is -3.56. The summed E-state index contributed by atoms with van der Waals surface area (Å²) in [5.74, 6) is -5.36. The van der Waals surface area contributed by atoms with Crippen molar-refractivity contribution in [3.8, 4) is 11.5 Å². The second kappa shape index (κ2) is 7.93. The van der Waals surface area contributed by atoms with Crippen LogP contribution in [0.15, 0.2) is 36.4 Å². The van der Waals surface area contributed by atoms with E-state index < -0.39 is 41.5 Å². The standard InChI is InChI=1S/C21H17F4NO5/c1-3-13(20(29)30)16-10(2)26(14-8-9-15(27)18(22)17(14)16)19(28)11-4-6-12(7-5-11)31-21(23,24)25/h4-9,13,27H,3H2,1-2H3,(H,29,30)/t13-/m0/s1. The van der Waals surface area contributed by atoms with Gasteiger partial charge in [-0.25, -0.2) is 4.39 Å². The molecule has 0 fully saturated rings. The number of halogens is 4. The SMILES string of the molecule is CC[C@H](C(=O)O)c1c(C)n(C(=O)c2ccc(OC(F)(F)F)cc2)c2ccc(O)c(F)c12. The molecule has 0 amide bonds. The van der Waals surface area contributed by atoms with Gasteiger partial charge in [-0.15, -0.1) is 13.2 Å². The fourth-order valence-corrected chi connectivity index (χ4v) is 3.60. The summed E-state index contributed by atoms with van der Waals surface area (Å²) >= 11 is 0. The molecule has 3 aromatic rings. The van der Waals surface area contributed by atoms with Gasteiger partial charge in [0.2, 0.25) is 0 Å². The van der Waals surface area contributed by atoms with Crippen LogP contribution >= 0.6 is 0 Å². The molecular weight excluding hydrogens is 422 g/mol. The van der Waals surface area contributed by atoms with E-state index in [1.165, 1.54) is 13.0 Å². The van der Waals surface area contributed by atoms with Gasteiger partial charge >= 0.3 is 12.3 Å². The molecule has 2 N–H and O–H groups in total. The Balaban J connectivity index is 2.18. The van der Waals surface area contributed by atoms with Gasteiger partial charge < -0.3 is 14.9 Å². The number of aromatic nitrogens is 1. The second-order valence-electron chi connectivity index (χ2n) is 6.80. The predicted octanol–water partition coefficient (Wildman–Crippen LogP) is 4.96. The molecule has 0 saturated carbocycles. The van der Waals surface area contributed by atoms with E-state index in [9.17, 15) is 37.4 Å². The van der Waals surface area contributed by atoms with Crippen molar-refractivity contribution in [2.24, 2.45) is 0 Å². The molecule has 0 aliphatic rings. The van der Waals surface area contributed by atoms with Crippen molar-refractivity contribution < 1.29 is 42.1 Å². The van der Waals surface area contributed by atoms with E-state index in [1.54, 1.807) is 6.92 Å². The third kappa shape index (κ3) is 4.05. The molecule has 0 radical (unpaired) electrons. The monoisotopic (exact) mass is 439 g/mol. The highest BCUT2D eigenvalue weighted by atomic mass is 19.4. The van der Waals surface area contributed by atoms with Crippen LogP contribution in [0, 0.1) is 12.7 Å². The number of alkyl halides is 3. The van der Waals surface area contributed by atoms with E-state index in [1.807, 2.05) is 0 Å². The molecule has 3 rings (SSSR count). The number of aromatic hydroxyl groups is 1. The van der Waals surface area contributed by atoms with Gasteiger partial charge in [-0.3, -0.25) is 14.2 Å². The van der Waals surface area contributed by atoms with Crippen LogP contribution in [0.25, 0.3) is 10.9 Å². The van der Waals surface area contributed by atoms with Crippen LogP contribution in [0.2, 0.25) is 0 Å². The van der Waals surface area contributed by atoms with Crippen molar-refractivity contribution in [1.29, 1.82) is 0 Å². The Morgan fingerprint density at radius 3 is 2.26 bits per heavy atom. The minimum atomic E-state index is -4.89. The average molecular weight is 439 g/mol. The summed E-state index contributed by atoms with van der Waals surface area (Å²) in [5.41, 5.74) is 0.194. The minimum Gasteiger partial charge on any atom is -0.505 e. The molecule has 164 valence electrons. The molecule has 31 heavy (non-hydrogen) atoms. The summed E-state index contributed by atoms with van der Waals surface area (Å²) in [6.07, 6.45) is -4.79. The quantitative estimate of drug-likeness (QED) is 0.549. The smallest absolute Gasteiger partial charge is 0.505 e. The summed E-state index contributed by atoms with van der Waals surface area (Å²) in [6, 6.07) is 6.45. The summed E-state index contributed by atoms with van der Waals surface area (Å²) in [5, 5.41) is 19.2. The Morgan fingerprint density at radius 1 is 1.13 bits per heavy atom. The van der Waals surface area contributed by atoms with E-state index in [0.29, 0.717) is 0 Å². The first kappa shape index (κ1) is 22.1. The first-order valence-electron chi connectivity index (χ1n) is 9.12. The van der Waals surface area contributed by atoms with E-state index in [-0.39, 0.29) is 34.1 Å². The van der Waals surface area contributed by atoms with E-state index in [2.05, 4.69) is 4.74 Å². The van der Waals surface area contributed by atoms with Gasteiger partial charge in [0.05, 0.1) is 11.4 Å². The van der Waals surface area contributed by atoms with Crippen LogP contribution in [0.1, 0.15) is 40.9 Å². The summed E-state index contributed by atoms with van der Waals surface area (Å²) in [7, 11) is 0. The Morgan fingerprint density at radius 2 is 1.74 bits per heavy atom. The number of carboxylic acid groups (broad SMARTS) is 1. The first-order chi connectivity index (χ1) is 14.5. The number of nitrogens with zero attached hydrogens (tertiary/aromatic N) is 1. The lowest BCUT2D eigenvalue weighted by atomic mass is 9.93. The van der Waals surface area contributed by atoms with Crippen molar-refractivity contribution in [2.75, 3.05) is 0 Å². The fourth-order valence-electron chi connectivity index (χ4n) is 3.60. The molecule has 2 aromatic carbocycles. The number of phenols is 1. The van der Waals surface area contributed by atoms with Crippen LogP contribution in [0.5, 0.6) is 11.5 Å². The van der Waals surface area contributed by atoms with Gasteiger partial charge in [0.25, 0.3) is 5.91 Å². The molecule has 1 heterocycles. The van der Waals surface area contributed by atoms with E-state index in [0.717, 1.165) is 34.9 Å². The highest BCUT2D eigenvalue weighted by Gasteiger charge is 2.32. The minimum absolute atomic E-state index is 0.0297. The van der Waals surface area contributed by atoms with Crippen molar-refractivity contribution in [1.82, 2.24) is 4.57 Å². The van der Waals surface area contributed by atoms with Gasteiger partial charge in [0.1, 0.15) is 5.75 Å². The van der Waals surface area contributed by atoms with Crippen LogP contribution in [0.3, 0.4) is 0 Å². The molecule has 6 nitrogen and oxygen atoms in total. The molecule has 0 aliphatic heterocycles. The van der Waals surface area contributed by atoms with Gasteiger partial charge in [-0.05, 0) is 55.3 Å². The van der Waals surface area contributed by atoms with Crippen LogP contribution in [0.4, 0.5) is 17.6 Å². The zero-order chi connectivity index (χ0) is 23.1. The number of carboxylic acids is 1.